The Morgan fingerprint density at radius 1 is 1.24 bits per heavy atom. The lowest BCUT2D eigenvalue weighted by atomic mass is 10.1. The molecule has 1 aliphatic heterocycles. The maximum Gasteiger partial charge on any atom is 0.292 e. The maximum absolute atomic E-state index is 12.0. The molecule has 1 aliphatic rings. The Morgan fingerprint density at radius 3 is 2.38 bits per heavy atom. The Balaban J connectivity index is 2.34. The fraction of sp³-hybridized carbons (Fsp3) is 0.429. The molecule has 1 aromatic rings. The minimum atomic E-state index is -0.485. The van der Waals surface area contributed by atoms with Crippen LogP contribution in [0.1, 0.15) is 31.2 Å². The van der Waals surface area contributed by atoms with Crippen LogP contribution in [-0.4, -0.2) is 28.7 Å². The molecule has 1 N–H and O–H groups in total. The zero-order valence-corrected chi connectivity index (χ0v) is 11.8. The van der Waals surface area contributed by atoms with E-state index in [-0.39, 0.29) is 24.0 Å². The van der Waals surface area contributed by atoms with E-state index in [9.17, 15) is 19.7 Å². The zero-order chi connectivity index (χ0) is 15.4. The van der Waals surface area contributed by atoms with Crippen LogP contribution < -0.4 is 5.32 Å². The Kier molecular flexibility index (Phi) is 4.52. The van der Waals surface area contributed by atoms with Crippen LogP contribution in [0.4, 0.5) is 11.4 Å². The van der Waals surface area contributed by atoms with Gasteiger partial charge in [-0.1, -0.05) is 12.1 Å². The molecular formula is C14H17N3O4. The van der Waals surface area contributed by atoms with Gasteiger partial charge in [0.1, 0.15) is 5.69 Å². The molecule has 0 aromatic heterocycles. The molecule has 1 heterocycles. The third-order valence-electron chi connectivity index (χ3n) is 3.54. The van der Waals surface area contributed by atoms with Crippen LogP contribution in [0.5, 0.6) is 0 Å². The summed E-state index contributed by atoms with van der Waals surface area (Å²) in [5.41, 5.74) is 0.840. The molecule has 0 atom stereocenters. The number of amides is 2. The number of nitro benzene ring substituents is 1. The highest BCUT2D eigenvalue weighted by molar-refractivity contribution is 5.96. The average molecular weight is 291 g/mol. The second-order valence-electron chi connectivity index (χ2n) is 4.90. The highest BCUT2D eigenvalue weighted by Crippen LogP contribution is 2.29. The molecule has 112 valence electrons. The van der Waals surface area contributed by atoms with E-state index in [2.05, 4.69) is 5.32 Å². The lowest BCUT2D eigenvalue weighted by Crippen LogP contribution is -2.34. The van der Waals surface area contributed by atoms with E-state index >= 15 is 0 Å². The molecule has 0 saturated carbocycles. The SMILES string of the molecule is CNc1c(CN2C(=O)CCCCC2=O)cccc1[N+](=O)[O-]. The third kappa shape index (κ3) is 3.18. The predicted octanol–water partition coefficient (Wildman–Crippen LogP) is 2.07. The van der Waals surface area contributed by atoms with Crippen LogP contribution in [0.15, 0.2) is 18.2 Å². The number of nitrogens with one attached hydrogen (secondary N) is 1. The van der Waals surface area contributed by atoms with Gasteiger partial charge in [-0.25, -0.2) is 0 Å². The van der Waals surface area contributed by atoms with Gasteiger partial charge in [-0.05, 0) is 12.8 Å². The van der Waals surface area contributed by atoms with Crippen molar-refractivity contribution in [3.05, 3.63) is 33.9 Å². The van der Waals surface area contributed by atoms with Gasteiger partial charge in [0.2, 0.25) is 11.8 Å². The van der Waals surface area contributed by atoms with Gasteiger partial charge in [-0.2, -0.15) is 0 Å². The van der Waals surface area contributed by atoms with E-state index in [0.29, 0.717) is 36.9 Å². The number of likely N-dealkylation sites (tertiary alicyclic amines) is 1. The molecule has 7 heteroatoms. The summed E-state index contributed by atoms with van der Waals surface area (Å²) in [6.07, 6.45) is 2.09. The van der Waals surface area contributed by atoms with Crippen molar-refractivity contribution in [2.75, 3.05) is 12.4 Å². The lowest BCUT2D eigenvalue weighted by molar-refractivity contribution is -0.384. The summed E-state index contributed by atoms with van der Waals surface area (Å²) in [7, 11) is 1.58. The van der Waals surface area contributed by atoms with E-state index < -0.39 is 4.92 Å². The number of rotatable bonds is 4. The molecule has 0 unspecified atom stereocenters. The Hall–Kier alpha value is -2.44. The molecule has 0 bridgehead atoms. The molecule has 7 nitrogen and oxygen atoms in total. The normalized spacial score (nSPS) is 15.8. The van der Waals surface area contributed by atoms with Crippen molar-refractivity contribution < 1.29 is 14.5 Å². The van der Waals surface area contributed by atoms with Crippen LogP contribution in [0.2, 0.25) is 0 Å². The zero-order valence-electron chi connectivity index (χ0n) is 11.8. The minimum absolute atomic E-state index is 0.0650. The van der Waals surface area contributed by atoms with E-state index in [1.807, 2.05) is 0 Å². The summed E-state index contributed by atoms with van der Waals surface area (Å²) in [5, 5.41) is 13.8. The number of imide groups is 1. The smallest absolute Gasteiger partial charge is 0.292 e. The third-order valence-corrected chi connectivity index (χ3v) is 3.54. The second-order valence-corrected chi connectivity index (χ2v) is 4.90. The maximum atomic E-state index is 12.0. The number of carbonyl (C=O) groups excluding carboxylic acids is 2. The van der Waals surface area contributed by atoms with Gasteiger partial charge in [-0.15, -0.1) is 0 Å². The van der Waals surface area contributed by atoms with Crippen molar-refractivity contribution in [2.45, 2.75) is 32.2 Å². The van der Waals surface area contributed by atoms with Gasteiger partial charge in [0.25, 0.3) is 5.69 Å². The first-order valence-electron chi connectivity index (χ1n) is 6.82. The quantitative estimate of drug-likeness (QED) is 0.520. The number of carbonyl (C=O) groups is 2. The summed E-state index contributed by atoms with van der Waals surface area (Å²) < 4.78 is 0. The molecule has 1 saturated heterocycles. The number of hydrogen-bond acceptors (Lipinski definition) is 5. The average Bonchev–Trinajstić information content (AvgIpc) is 2.62. The van der Waals surface area contributed by atoms with Crippen LogP contribution in [0.25, 0.3) is 0 Å². The van der Waals surface area contributed by atoms with Crippen LogP contribution >= 0.6 is 0 Å². The standard InChI is InChI=1S/C14H17N3O4/c1-15-14-10(5-4-6-11(14)17(20)21)9-16-12(18)7-2-3-8-13(16)19/h4-6,15H,2-3,7-9H2,1H3. The lowest BCUT2D eigenvalue weighted by Gasteiger charge is -2.20. The number of benzene rings is 1. The van der Waals surface area contributed by atoms with Gasteiger partial charge in [0.15, 0.2) is 0 Å². The van der Waals surface area contributed by atoms with Crippen LogP contribution in [-0.2, 0) is 16.1 Å². The van der Waals surface area contributed by atoms with Crippen molar-refractivity contribution in [2.24, 2.45) is 0 Å². The van der Waals surface area contributed by atoms with E-state index in [1.165, 1.54) is 11.0 Å². The topological polar surface area (TPSA) is 92.6 Å². The summed E-state index contributed by atoms with van der Waals surface area (Å²) in [5.74, 6) is -0.433. The van der Waals surface area contributed by atoms with Crippen LogP contribution in [0, 0.1) is 10.1 Å². The Morgan fingerprint density at radius 2 is 1.86 bits per heavy atom. The van der Waals surface area contributed by atoms with Gasteiger partial charge in [0, 0.05) is 31.5 Å². The van der Waals surface area contributed by atoms with Crippen molar-refractivity contribution >= 4 is 23.2 Å². The van der Waals surface area contributed by atoms with E-state index in [0.717, 1.165) is 0 Å². The molecule has 1 aromatic carbocycles. The molecule has 1 fully saturated rings. The number of hydrogen-bond donors (Lipinski definition) is 1. The van der Waals surface area contributed by atoms with Crippen molar-refractivity contribution in [1.82, 2.24) is 4.90 Å². The Labute approximate surface area is 122 Å². The predicted molar refractivity (Wildman–Crippen MR) is 76.7 cm³/mol. The molecule has 21 heavy (non-hydrogen) atoms. The fourth-order valence-corrected chi connectivity index (χ4v) is 2.47. The molecule has 0 radical (unpaired) electrons. The first kappa shape index (κ1) is 15.0. The molecule has 0 aliphatic carbocycles. The summed E-state index contributed by atoms with van der Waals surface area (Å²) in [6.45, 7) is 0.0650. The minimum Gasteiger partial charge on any atom is -0.382 e. The van der Waals surface area contributed by atoms with E-state index in [4.69, 9.17) is 0 Å². The highest BCUT2D eigenvalue weighted by Gasteiger charge is 2.26. The largest absolute Gasteiger partial charge is 0.382 e. The molecule has 0 spiro atoms. The molecule has 2 rings (SSSR count). The monoisotopic (exact) mass is 291 g/mol. The molecular weight excluding hydrogens is 274 g/mol. The second kappa shape index (κ2) is 6.34. The van der Waals surface area contributed by atoms with Gasteiger partial charge in [-0.3, -0.25) is 24.6 Å². The van der Waals surface area contributed by atoms with Crippen molar-refractivity contribution in [1.29, 1.82) is 0 Å². The number of anilines is 1. The van der Waals surface area contributed by atoms with Crippen molar-refractivity contribution in [3.63, 3.8) is 0 Å². The highest BCUT2D eigenvalue weighted by atomic mass is 16.6. The van der Waals surface area contributed by atoms with E-state index in [1.54, 1.807) is 19.2 Å². The number of nitro groups is 1. The summed E-state index contributed by atoms with van der Waals surface area (Å²) >= 11 is 0. The van der Waals surface area contributed by atoms with Gasteiger partial charge in [0.05, 0.1) is 11.5 Å². The Bertz CT molecular complexity index is 568. The molecule has 2 amide bonds. The fourth-order valence-electron chi connectivity index (χ4n) is 2.47. The van der Waals surface area contributed by atoms with Crippen molar-refractivity contribution in [3.8, 4) is 0 Å². The summed E-state index contributed by atoms with van der Waals surface area (Å²) in [4.78, 5) is 35.7. The summed E-state index contributed by atoms with van der Waals surface area (Å²) in [6, 6.07) is 4.63. The number of nitrogens with zero attached hydrogens (tertiary/aromatic N) is 2. The van der Waals surface area contributed by atoms with Crippen LogP contribution in [0.3, 0.4) is 0 Å². The first-order chi connectivity index (χ1) is 10.0. The van der Waals surface area contributed by atoms with Gasteiger partial charge >= 0.3 is 0 Å². The van der Waals surface area contributed by atoms with Gasteiger partial charge < -0.3 is 5.32 Å². The number of para-hydroxylation sites is 1. The first-order valence-corrected chi connectivity index (χ1v) is 6.82.